The molecule has 0 spiro atoms. The van der Waals surface area contributed by atoms with E-state index in [4.69, 9.17) is 4.74 Å². The Hall–Kier alpha value is -1.73. The molecule has 1 saturated heterocycles. The Morgan fingerprint density at radius 2 is 2.17 bits per heavy atom. The summed E-state index contributed by atoms with van der Waals surface area (Å²) in [5.74, 6) is 2.16. The van der Waals surface area contributed by atoms with E-state index in [1.54, 1.807) is 18.4 Å². The van der Waals surface area contributed by atoms with Gasteiger partial charge in [-0.05, 0) is 31.9 Å². The molecule has 2 aliphatic heterocycles. The lowest BCUT2D eigenvalue weighted by atomic mass is 10.1. The van der Waals surface area contributed by atoms with E-state index < -0.39 is 0 Å². The fourth-order valence-corrected chi connectivity index (χ4v) is 4.69. The number of carbonyl (C=O) groups excluding carboxylic acids is 1. The summed E-state index contributed by atoms with van der Waals surface area (Å²) in [5, 5.41) is 8.72. The van der Waals surface area contributed by atoms with Gasteiger partial charge in [-0.3, -0.25) is 4.79 Å². The zero-order chi connectivity index (χ0) is 16.7. The number of aromatic nitrogens is 3. The topological polar surface area (TPSA) is 60.3 Å². The molecular formula is C17H22N4O2S. The van der Waals surface area contributed by atoms with Crippen LogP contribution in [0.1, 0.15) is 39.0 Å². The Morgan fingerprint density at radius 3 is 2.92 bits per heavy atom. The first-order valence-corrected chi connectivity index (χ1v) is 9.28. The summed E-state index contributed by atoms with van der Waals surface area (Å²) in [7, 11) is 1.70. The number of hydrogen-bond acceptors (Lipinski definition) is 5. The van der Waals surface area contributed by atoms with Gasteiger partial charge in [0.1, 0.15) is 11.6 Å². The molecule has 128 valence electrons. The number of ether oxygens (including phenoxy) is 1. The third kappa shape index (κ3) is 2.65. The third-order valence-corrected chi connectivity index (χ3v) is 6.04. The quantitative estimate of drug-likeness (QED) is 0.850. The largest absolute Gasteiger partial charge is 0.384 e. The highest BCUT2D eigenvalue weighted by molar-refractivity contribution is 7.13. The van der Waals surface area contributed by atoms with Gasteiger partial charge in [-0.1, -0.05) is 0 Å². The van der Waals surface area contributed by atoms with E-state index in [1.807, 2.05) is 19.1 Å². The number of amides is 1. The molecule has 2 unspecified atom stereocenters. The molecule has 4 rings (SSSR count). The van der Waals surface area contributed by atoms with Gasteiger partial charge in [-0.15, -0.1) is 21.5 Å². The summed E-state index contributed by atoms with van der Waals surface area (Å²) in [5.41, 5.74) is 0. The zero-order valence-electron chi connectivity index (χ0n) is 14.1. The van der Waals surface area contributed by atoms with E-state index in [0.29, 0.717) is 6.61 Å². The molecular weight excluding hydrogens is 324 g/mol. The molecule has 0 saturated carbocycles. The molecule has 6 nitrogen and oxygen atoms in total. The zero-order valence-corrected chi connectivity index (χ0v) is 14.9. The van der Waals surface area contributed by atoms with Crippen molar-refractivity contribution in [3.8, 4) is 0 Å². The van der Waals surface area contributed by atoms with Crippen LogP contribution in [-0.4, -0.2) is 51.4 Å². The van der Waals surface area contributed by atoms with Gasteiger partial charge in [0, 0.05) is 37.4 Å². The summed E-state index contributed by atoms with van der Waals surface area (Å²) < 4.78 is 7.39. The summed E-state index contributed by atoms with van der Waals surface area (Å²) in [6, 6.07) is 4.46. The van der Waals surface area contributed by atoms with Crippen LogP contribution >= 0.6 is 11.3 Å². The third-order valence-electron chi connectivity index (χ3n) is 5.05. The number of fused-ring (bicyclic) bond motifs is 3. The van der Waals surface area contributed by atoms with Crippen molar-refractivity contribution in [3.05, 3.63) is 33.5 Å². The smallest absolute Gasteiger partial charge is 0.264 e. The first-order chi connectivity index (χ1) is 11.7. The van der Waals surface area contributed by atoms with Gasteiger partial charge < -0.3 is 14.2 Å². The maximum absolute atomic E-state index is 13.0. The predicted octanol–water partition coefficient (Wildman–Crippen LogP) is 2.07. The lowest BCUT2D eigenvalue weighted by Crippen LogP contribution is -2.41. The van der Waals surface area contributed by atoms with E-state index in [9.17, 15) is 4.79 Å². The Bertz CT molecular complexity index is 754. The average Bonchev–Trinajstić information content (AvgIpc) is 3.23. The molecule has 1 amide bonds. The van der Waals surface area contributed by atoms with Gasteiger partial charge in [-0.25, -0.2) is 0 Å². The van der Waals surface area contributed by atoms with Crippen molar-refractivity contribution in [2.75, 3.05) is 13.7 Å². The lowest BCUT2D eigenvalue weighted by molar-refractivity contribution is 0.0670. The molecule has 0 aliphatic carbocycles. The highest BCUT2D eigenvalue weighted by Crippen LogP contribution is 2.33. The first kappa shape index (κ1) is 15.8. The van der Waals surface area contributed by atoms with Crippen molar-refractivity contribution in [2.24, 2.45) is 0 Å². The first-order valence-electron chi connectivity index (χ1n) is 8.46. The minimum absolute atomic E-state index is 0.178. The number of nitrogens with zero attached hydrogens (tertiary/aromatic N) is 4. The molecule has 24 heavy (non-hydrogen) atoms. The van der Waals surface area contributed by atoms with Crippen molar-refractivity contribution in [1.29, 1.82) is 0 Å². The summed E-state index contributed by atoms with van der Waals surface area (Å²) in [4.78, 5) is 17.2. The summed E-state index contributed by atoms with van der Waals surface area (Å²) >= 11 is 1.59. The normalized spacial score (nSPS) is 22.5. The van der Waals surface area contributed by atoms with E-state index >= 15 is 0 Å². The lowest BCUT2D eigenvalue weighted by Gasteiger charge is -2.27. The predicted molar refractivity (Wildman–Crippen MR) is 91.3 cm³/mol. The van der Waals surface area contributed by atoms with Crippen LogP contribution < -0.4 is 0 Å². The maximum atomic E-state index is 13.0. The van der Waals surface area contributed by atoms with Crippen LogP contribution in [0.5, 0.6) is 0 Å². The molecule has 1 fully saturated rings. The second-order valence-electron chi connectivity index (χ2n) is 6.60. The number of aryl methyl sites for hydroxylation is 1. The molecule has 0 N–H and O–H groups in total. The van der Waals surface area contributed by atoms with Gasteiger partial charge >= 0.3 is 0 Å². The average molecular weight is 346 g/mol. The minimum Gasteiger partial charge on any atom is -0.384 e. The van der Waals surface area contributed by atoms with Gasteiger partial charge in [-0.2, -0.15) is 0 Å². The number of thiophene rings is 1. The number of hydrogen-bond donors (Lipinski definition) is 0. The Balaban J connectivity index is 1.60. The molecule has 2 aromatic rings. The molecule has 2 atom stereocenters. The summed E-state index contributed by atoms with van der Waals surface area (Å²) in [6.45, 7) is 3.49. The minimum atomic E-state index is 0.178. The Kier molecular flexibility index (Phi) is 4.14. The molecule has 0 aromatic carbocycles. The molecule has 2 aliphatic rings. The fourth-order valence-electron chi connectivity index (χ4n) is 3.88. The van der Waals surface area contributed by atoms with Gasteiger partial charge in [0.2, 0.25) is 0 Å². The van der Waals surface area contributed by atoms with E-state index in [0.717, 1.165) is 48.8 Å². The second kappa shape index (κ2) is 6.29. The Labute approximate surface area is 145 Å². The van der Waals surface area contributed by atoms with Gasteiger partial charge in [0.05, 0.1) is 17.5 Å². The van der Waals surface area contributed by atoms with Crippen LogP contribution in [0.15, 0.2) is 12.1 Å². The van der Waals surface area contributed by atoms with Crippen molar-refractivity contribution >= 4 is 17.2 Å². The second-order valence-corrected chi connectivity index (χ2v) is 7.89. The van der Waals surface area contributed by atoms with Crippen LogP contribution in [0.4, 0.5) is 0 Å². The molecule has 7 heteroatoms. The van der Waals surface area contributed by atoms with Crippen LogP contribution in [0.3, 0.4) is 0 Å². The molecule has 2 bridgehead atoms. The van der Waals surface area contributed by atoms with Crippen LogP contribution in [0.25, 0.3) is 0 Å². The maximum Gasteiger partial charge on any atom is 0.264 e. The molecule has 0 radical (unpaired) electrons. The standard InChI is InChI=1S/C17H22N4O2S/c1-11-3-6-14(24-11)17(22)21-12-4-5-13(21)10-20-15(7-8-23-2)18-19-16(20)9-12/h3,6,12-13H,4-5,7-10H2,1-2H3. The van der Waals surface area contributed by atoms with Crippen molar-refractivity contribution < 1.29 is 9.53 Å². The van der Waals surface area contributed by atoms with Crippen LogP contribution in [-0.2, 0) is 24.1 Å². The van der Waals surface area contributed by atoms with Gasteiger partial charge in [0.15, 0.2) is 0 Å². The van der Waals surface area contributed by atoms with Crippen LogP contribution in [0.2, 0.25) is 0 Å². The van der Waals surface area contributed by atoms with E-state index in [2.05, 4.69) is 19.7 Å². The van der Waals surface area contributed by atoms with Crippen LogP contribution in [0, 0.1) is 6.92 Å². The molecule has 4 heterocycles. The number of rotatable bonds is 4. The monoisotopic (exact) mass is 346 g/mol. The van der Waals surface area contributed by atoms with Crippen molar-refractivity contribution in [3.63, 3.8) is 0 Å². The molecule has 2 aromatic heterocycles. The van der Waals surface area contributed by atoms with Crippen molar-refractivity contribution in [2.45, 2.75) is 51.2 Å². The SMILES string of the molecule is COCCc1nnc2n1CC1CCC(C2)N1C(=O)c1ccc(C)s1. The Morgan fingerprint density at radius 1 is 1.33 bits per heavy atom. The van der Waals surface area contributed by atoms with E-state index in [-0.39, 0.29) is 18.0 Å². The highest BCUT2D eigenvalue weighted by atomic mass is 32.1. The van der Waals surface area contributed by atoms with E-state index in [1.165, 1.54) is 4.88 Å². The number of carbonyl (C=O) groups is 1. The number of methoxy groups -OCH3 is 1. The highest BCUT2D eigenvalue weighted by Gasteiger charge is 2.41. The van der Waals surface area contributed by atoms with Crippen molar-refractivity contribution in [1.82, 2.24) is 19.7 Å². The fraction of sp³-hybridized carbons (Fsp3) is 0.588. The van der Waals surface area contributed by atoms with Gasteiger partial charge in [0.25, 0.3) is 5.91 Å². The summed E-state index contributed by atoms with van der Waals surface area (Å²) in [6.07, 6.45) is 3.68.